The van der Waals surface area contributed by atoms with Gasteiger partial charge in [-0.2, -0.15) is 0 Å². The van der Waals surface area contributed by atoms with Crippen molar-refractivity contribution in [1.29, 1.82) is 0 Å². The van der Waals surface area contributed by atoms with E-state index in [1.165, 1.54) is 6.92 Å². The molecule has 0 aromatic carbocycles. The molecule has 1 rings (SSSR count). The third kappa shape index (κ3) is 1.73. The van der Waals surface area contributed by atoms with Gasteiger partial charge in [-0.3, -0.25) is 9.51 Å². The van der Waals surface area contributed by atoms with Gasteiger partial charge in [0.05, 0.1) is 0 Å². The van der Waals surface area contributed by atoms with E-state index in [0.29, 0.717) is 0 Å². The fourth-order valence-corrected chi connectivity index (χ4v) is 1.13. The average molecular weight is 192 g/mol. The lowest BCUT2D eigenvalue weighted by molar-refractivity contribution is 0.381. The Balaban J connectivity index is 3.09. The molecule has 0 aliphatic heterocycles. The van der Waals surface area contributed by atoms with Crippen LogP contribution in [-0.2, 0) is 9.84 Å². The minimum Gasteiger partial charge on any atom is -0.296 e. The van der Waals surface area contributed by atoms with Crippen molar-refractivity contribution in [1.82, 2.24) is 10.1 Å². The lowest BCUT2D eigenvalue weighted by atomic mass is 10.5. The van der Waals surface area contributed by atoms with Crippen LogP contribution in [0, 0.1) is 0 Å². The summed E-state index contributed by atoms with van der Waals surface area (Å²) in [5.74, 6) is -0.719. The summed E-state index contributed by atoms with van der Waals surface area (Å²) in [5.41, 5.74) is 0. The summed E-state index contributed by atoms with van der Waals surface area (Å²) in [4.78, 5) is 12.6. The van der Waals surface area contributed by atoms with Crippen LogP contribution in [-0.4, -0.2) is 24.8 Å². The van der Waals surface area contributed by atoms with Gasteiger partial charge in [-0.1, -0.05) is 5.16 Å². The predicted molar refractivity (Wildman–Crippen MR) is 40.4 cm³/mol. The summed E-state index contributed by atoms with van der Waals surface area (Å²) < 4.78 is 26.0. The third-order valence-corrected chi connectivity index (χ3v) is 2.99. The van der Waals surface area contributed by atoms with Gasteiger partial charge < -0.3 is 0 Å². The van der Waals surface area contributed by atoms with Gasteiger partial charge in [-0.25, -0.2) is 13.2 Å². The fraction of sp³-hybridized carbons (Fsp3) is 0.600. The largest absolute Gasteiger partial charge is 0.438 e. The minimum atomic E-state index is -3.24. The van der Waals surface area contributed by atoms with Gasteiger partial charge in [-0.15, -0.1) is 0 Å². The van der Waals surface area contributed by atoms with E-state index in [9.17, 15) is 13.2 Å². The number of aromatic amines is 1. The molecule has 1 heterocycles. The summed E-state index contributed by atoms with van der Waals surface area (Å²) in [7, 11) is -3.24. The summed E-state index contributed by atoms with van der Waals surface area (Å²) in [6.07, 6.45) is 1.06. The van der Waals surface area contributed by atoms with Crippen LogP contribution in [0.25, 0.3) is 0 Å². The standard InChI is InChI=1S/C5H8N2O4S/c1-3(12(2,9)10)4-6-5(8)11-7-4/h3H,1-2H3,(H,6,7,8). The van der Waals surface area contributed by atoms with E-state index in [2.05, 4.69) is 14.7 Å². The van der Waals surface area contributed by atoms with E-state index in [-0.39, 0.29) is 5.82 Å². The minimum absolute atomic E-state index is 0.0301. The zero-order valence-electron chi connectivity index (χ0n) is 6.57. The molecule has 0 amide bonds. The summed E-state index contributed by atoms with van der Waals surface area (Å²) >= 11 is 0. The van der Waals surface area contributed by atoms with E-state index in [4.69, 9.17) is 0 Å². The van der Waals surface area contributed by atoms with Crippen molar-refractivity contribution >= 4 is 9.84 Å². The molecule has 0 saturated carbocycles. The molecule has 0 aliphatic carbocycles. The number of rotatable bonds is 2. The van der Waals surface area contributed by atoms with Crippen LogP contribution < -0.4 is 5.76 Å². The van der Waals surface area contributed by atoms with Crippen LogP contribution >= 0.6 is 0 Å². The highest BCUT2D eigenvalue weighted by Crippen LogP contribution is 2.14. The van der Waals surface area contributed by atoms with Crippen molar-refractivity contribution in [3.05, 3.63) is 16.4 Å². The maximum atomic E-state index is 10.9. The molecule has 1 aromatic rings. The molecule has 1 N–H and O–H groups in total. The Kier molecular flexibility index (Phi) is 2.05. The second-order valence-corrected chi connectivity index (χ2v) is 4.82. The molecule has 0 fully saturated rings. The van der Waals surface area contributed by atoms with Crippen LogP contribution in [0.5, 0.6) is 0 Å². The Hall–Kier alpha value is -1.11. The normalized spacial score (nSPS) is 14.5. The quantitative estimate of drug-likeness (QED) is 0.679. The first-order chi connectivity index (χ1) is 5.41. The van der Waals surface area contributed by atoms with E-state index < -0.39 is 20.8 Å². The molecular weight excluding hydrogens is 184 g/mol. The predicted octanol–water partition coefficient (Wildman–Crippen LogP) is -0.532. The summed E-state index contributed by atoms with van der Waals surface area (Å²) in [6.45, 7) is 1.42. The second-order valence-electron chi connectivity index (χ2n) is 2.45. The van der Waals surface area contributed by atoms with Gasteiger partial charge in [0.2, 0.25) is 0 Å². The van der Waals surface area contributed by atoms with Crippen LogP contribution in [0.4, 0.5) is 0 Å². The zero-order valence-corrected chi connectivity index (χ0v) is 7.38. The van der Waals surface area contributed by atoms with E-state index in [0.717, 1.165) is 6.26 Å². The molecule has 0 saturated heterocycles. The molecule has 0 radical (unpaired) electrons. The number of nitrogens with one attached hydrogen (secondary N) is 1. The molecular formula is C5H8N2O4S. The third-order valence-electron chi connectivity index (χ3n) is 1.48. The van der Waals surface area contributed by atoms with Crippen LogP contribution in [0.3, 0.4) is 0 Å². The number of hydrogen-bond acceptors (Lipinski definition) is 5. The average Bonchev–Trinajstić information content (AvgIpc) is 2.32. The van der Waals surface area contributed by atoms with Gasteiger partial charge in [0.15, 0.2) is 15.7 Å². The number of H-pyrrole nitrogens is 1. The van der Waals surface area contributed by atoms with Crippen molar-refractivity contribution in [3.8, 4) is 0 Å². The number of nitrogens with zero attached hydrogens (tertiary/aromatic N) is 1. The summed E-state index contributed by atoms with van der Waals surface area (Å²) in [5, 5.41) is 2.42. The summed E-state index contributed by atoms with van der Waals surface area (Å²) in [6, 6.07) is 0. The smallest absolute Gasteiger partial charge is 0.296 e. The molecule has 0 aliphatic rings. The monoisotopic (exact) mass is 192 g/mol. The Morgan fingerprint density at radius 2 is 2.17 bits per heavy atom. The van der Waals surface area contributed by atoms with Crippen LogP contribution in [0.1, 0.15) is 18.0 Å². The molecule has 6 nitrogen and oxygen atoms in total. The highest BCUT2D eigenvalue weighted by Gasteiger charge is 2.21. The van der Waals surface area contributed by atoms with Gasteiger partial charge in [0.25, 0.3) is 0 Å². The fourth-order valence-electron chi connectivity index (χ4n) is 0.619. The lowest BCUT2D eigenvalue weighted by Gasteiger charge is -2.01. The van der Waals surface area contributed by atoms with Crippen molar-refractivity contribution in [3.63, 3.8) is 0 Å². The SMILES string of the molecule is CC(c1noc(=O)[nH]1)S(C)(=O)=O. The van der Waals surface area contributed by atoms with Crippen LogP contribution in [0.15, 0.2) is 9.32 Å². The number of hydrogen-bond donors (Lipinski definition) is 1. The van der Waals surface area contributed by atoms with Crippen LogP contribution in [0.2, 0.25) is 0 Å². The Morgan fingerprint density at radius 1 is 1.58 bits per heavy atom. The topological polar surface area (TPSA) is 93.0 Å². The van der Waals surface area contributed by atoms with Gasteiger partial charge >= 0.3 is 5.76 Å². The van der Waals surface area contributed by atoms with Crippen molar-refractivity contribution in [2.24, 2.45) is 0 Å². The highest BCUT2D eigenvalue weighted by molar-refractivity contribution is 7.90. The zero-order chi connectivity index (χ0) is 9.35. The first-order valence-electron chi connectivity index (χ1n) is 3.16. The maximum Gasteiger partial charge on any atom is 0.438 e. The number of aromatic nitrogens is 2. The van der Waals surface area contributed by atoms with Crippen molar-refractivity contribution in [2.45, 2.75) is 12.2 Å². The Bertz CT molecular complexity index is 415. The van der Waals surface area contributed by atoms with Gasteiger partial charge in [-0.05, 0) is 6.92 Å². The first kappa shape index (κ1) is 8.98. The second kappa shape index (κ2) is 2.74. The molecule has 0 bridgehead atoms. The van der Waals surface area contributed by atoms with Gasteiger partial charge in [0.1, 0.15) is 5.25 Å². The van der Waals surface area contributed by atoms with Crippen molar-refractivity contribution < 1.29 is 12.9 Å². The number of sulfone groups is 1. The first-order valence-corrected chi connectivity index (χ1v) is 5.11. The molecule has 0 spiro atoms. The highest BCUT2D eigenvalue weighted by atomic mass is 32.2. The van der Waals surface area contributed by atoms with Gasteiger partial charge in [0, 0.05) is 6.26 Å². The van der Waals surface area contributed by atoms with E-state index in [1.54, 1.807) is 0 Å². The maximum absolute atomic E-state index is 10.9. The lowest BCUT2D eigenvalue weighted by Crippen LogP contribution is -2.10. The van der Waals surface area contributed by atoms with E-state index >= 15 is 0 Å². The molecule has 7 heteroatoms. The Labute approximate surface area is 68.5 Å². The Morgan fingerprint density at radius 3 is 2.50 bits per heavy atom. The van der Waals surface area contributed by atoms with E-state index in [1.807, 2.05) is 0 Å². The molecule has 1 aromatic heterocycles. The molecule has 1 atom stereocenters. The molecule has 12 heavy (non-hydrogen) atoms. The van der Waals surface area contributed by atoms with Crippen molar-refractivity contribution in [2.75, 3.05) is 6.26 Å². The molecule has 68 valence electrons. The molecule has 1 unspecified atom stereocenters.